The summed E-state index contributed by atoms with van der Waals surface area (Å²) in [6.45, 7) is -0.508. The minimum Gasteiger partial charge on any atom is -0.469 e. The number of nitrogens with zero attached hydrogens (tertiary/aromatic N) is 2. The normalized spacial score (nSPS) is 19.3. The molecular weight excluding hydrogens is 342 g/mol. The van der Waals surface area contributed by atoms with Gasteiger partial charge in [-0.3, -0.25) is 20.2 Å². The first-order chi connectivity index (χ1) is 9.89. The van der Waals surface area contributed by atoms with Crippen molar-refractivity contribution in [2.24, 2.45) is 0 Å². The van der Waals surface area contributed by atoms with Gasteiger partial charge < -0.3 is 4.74 Å². The largest absolute Gasteiger partial charge is 0.469 e. The number of ether oxygens (including phenoxy) is 1. The quantitative estimate of drug-likeness (QED) is 0.765. The maximum atomic E-state index is 13.0. The van der Waals surface area contributed by atoms with E-state index >= 15 is 0 Å². The first-order valence-electron chi connectivity index (χ1n) is 6.21. The van der Waals surface area contributed by atoms with Crippen LogP contribution in [0.4, 0.5) is 13.9 Å². The molecule has 0 bridgehead atoms. The molecule has 0 spiro atoms. The number of rotatable bonds is 5. The summed E-state index contributed by atoms with van der Waals surface area (Å²) in [5.74, 6) is -3.80. The van der Waals surface area contributed by atoms with Gasteiger partial charge in [0.25, 0.3) is 5.92 Å². The highest BCUT2D eigenvalue weighted by Gasteiger charge is 2.42. The van der Waals surface area contributed by atoms with E-state index in [1.807, 2.05) is 0 Å². The first kappa shape index (κ1) is 18.7. The second-order valence-corrected chi connectivity index (χ2v) is 5.62. The number of aromatic nitrogens is 2. The summed E-state index contributed by atoms with van der Waals surface area (Å²) in [5, 5.41) is 13.2. The van der Waals surface area contributed by atoms with Gasteiger partial charge in [-0.25, -0.2) is 8.78 Å². The van der Waals surface area contributed by atoms with E-state index in [4.69, 9.17) is 0 Å². The molecule has 1 aromatic heterocycles. The lowest BCUT2D eigenvalue weighted by Crippen LogP contribution is -2.35. The van der Waals surface area contributed by atoms with Crippen molar-refractivity contribution in [1.29, 1.82) is 0 Å². The molecule has 0 aromatic carbocycles. The number of aryl methyl sites for hydroxylation is 1. The number of hydrogen-bond donors (Lipinski definition) is 2. The molecule has 11 heteroatoms. The minimum absolute atomic E-state index is 0. The lowest BCUT2D eigenvalue weighted by Gasteiger charge is -2.08. The second kappa shape index (κ2) is 7.75. The SMILES string of the molecule is COC(=O)CCc1nnc(NC(=O)C2CC(F)(F)CN2)s1.Cl. The van der Waals surface area contributed by atoms with Crippen molar-refractivity contribution in [1.82, 2.24) is 15.5 Å². The monoisotopic (exact) mass is 356 g/mol. The first-order valence-corrected chi connectivity index (χ1v) is 7.02. The highest BCUT2D eigenvalue weighted by atomic mass is 35.5. The molecule has 1 atom stereocenters. The third-order valence-corrected chi connectivity index (χ3v) is 3.79. The van der Waals surface area contributed by atoms with Crippen LogP contribution in [0.5, 0.6) is 0 Å². The highest BCUT2D eigenvalue weighted by Crippen LogP contribution is 2.26. The summed E-state index contributed by atoms with van der Waals surface area (Å²) in [7, 11) is 1.29. The molecule has 7 nitrogen and oxygen atoms in total. The van der Waals surface area contributed by atoms with Gasteiger partial charge in [-0.05, 0) is 0 Å². The molecule has 124 valence electrons. The van der Waals surface area contributed by atoms with Crippen LogP contribution < -0.4 is 10.6 Å². The Kier molecular flexibility index (Phi) is 6.57. The highest BCUT2D eigenvalue weighted by molar-refractivity contribution is 7.15. The summed E-state index contributed by atoms with van der Waals surface area (Å²) >= 11 is 1.10. The van der Waals surface area contributed by atoms with Crippen LogP contribution in [0.3, 0.4) is 0 Å². The van der Waals surface area contributed by atoms with E-state index in [0.29, 0.717) is 11.4 Å². The molecule has 1 fully saturated rings. The van der Waals surface area contributed by atoms with Crippen LogP contribution in [0, 0.1) is 0 Å². The number of hydrogen-bond acceptors (Lipinski definition) is 7. The predicted octanol–water partition coefficient (Wildman–Crippen LogP) is 1.00. The number of amides is 1. The number of carbonyl (C=O) groups excluding carboxylic acids is 2. The topological polar surface area (TPSA) is 93.2 Å². The van der Waals surface area contributed by atoms with Crippen LogP contribution in [0.2, 0.25) is 0 Å². The Balaban J connectivity index is 0.00000242. The molecule has 2 rings (SSSR count). The maximum Gasteiger partial charge on any atom is 0.305 e. The van der Waals surface area contributed by atoms with Crippen LogP contribution in [0.15, 0.2) is 0 Å². The van der Waals surface area contributed by atoms with E-state index in [1.165, 1.54) is 7.11 Å². The summed E-state index contributed by atoms with van der Waals surface area (Å²) in [4.78, 5) is 22.8. The van der Waals surface area contributed by atoms with Gasteiger partial charge in [0.1, 0.15) is 5.01 Å². The van der Waals surface area contributed by atoms with Crippen molar-refractivity contribution < 1.29 is 23.1 Å². The third kappa shape index (κ3) is 5.11. The fraction of sp³-hybridized carbons (Fsp3) is 0.636. The maximum absolute atomic E-state index is 13.0. The summed E-state index contributed by atoms with van der Waals surface area (Å²) < 4.78 is 30.5. The van der Waals surface area contributed by atoms with E-state index < -0.39 is 30.8 Å². The lowest BCUT2D eigenvalue weighted by atomic mass is 10.2. The Bertz CT molecular complexity index is 543. The third-order valence-electron chi connectivity index (χ3n) is 2.89. The van der Waals surface area contributed by atoms with Gasteiger partial charge in [0, 0.05) is 12.8 Å². The van der Waals surface area contributed by atoms with E-state index in [-0.39, 0.29) is 29.9 Å². The summed E-state index contributed by atoms with van der Waals surface area (Å²) in [6, 6.07) is -0.942. The van der Waals surface area contributed by atoms with Gasteiger partial charge in [0.05, 0.1) is 26.1 Å². The van der Waals surface area contributed by atoms with Crippen molar-refractivity contribution >= 4 is 40.8 Å². The van der Waals surface area contributed by atoms with Crippen molar-refractivity contribution in [2.45, 2.75) is 31.2 Å². The molecule has 1 aromatic rings. The molecule has 2 heterocycles. The standard InChI is InChI=1S/C11H14F2N4O3S.ClH/c1-20-8(18)3-2-7-16-17-10(21-7)15-9(19)6-4-11(12,13)5-14-6;/h6,14H,2-5H2,1H3,(H,15,17,19);1H. The Morgan fingerprint density at radius 2 is 2.23 bits per heavy atom. The van der Waals surface area contributed by atoms with Crippen LogP contribution in [-0.4, -0.2) is 47.7 Å². The number of nitrogens with one attached hydrogen (secondary N) is 2. The Hall–Kier alpha value is -1.39. The fourth-order valence-electron chi connectivity index (χ4n) is 1.81. The molecule has 1 aliphatic rings. The van der Waals surface area contributed by atoms with E-state index in [0.717, 1.165) is 11.3 Å². The molecule has 0 saturated carbocycles. The second-order valence-electron chi connectivity index (χ2n) is 4.56. The van der Waals surface area contributed by atoms with Crippen molar-refractivity contribution in [2.75, 3.05) is 19.0 Å². The number of esters is 1. The van der Waals surface area contributed by atoms with E-state index in [2.05, 4.69) is 25.6 Å². The van der Waals surface area contributed by atoms with E-state index in [9.17, 15) is 18.4 Å². The number of alkyl halides is 2. The van der Waals surface area contributed by atoms with Gasteiger partial charge >= 0.3 is 5.97 Å². The smallest absolute Gasteiger partial charge is 0.305 e. The molecule has 1 aliphatic heterocycles. The average molecular weight is 357 g/mol. The zero-order valence-electron chi connectivity index (χ0n) is 11.6. The summed E-state index contributed by atoms with van der Waals surface area (Å²) in [5.41, 5.74) is 0. The van der Waals surface area contributed by atoms with Crippen LogP contribution in [-0.2, 0) is 20.7 Å². The molecular formula is C11H15ClF2N4O3S. The number of halogens is 3. The van der Waals surface area contributed by atoms with Crippen LogP contribution >= 0.6 is 23.7 Å². The average Bonchev–Trinajstić information content (AvgIpc) is 3.02. The molecule has 0 aliphatic carbocycles. The minimum atomic E-state index is -2.87. The van der Waals surface area contributed by atoms with Gasteiger partial charge in [0.2, 0.25) is 11.0 Å². The number of anilines is 1. The molecule has 0 radical (unpaired) electrons. The zero-order valence-corrected chi connectivity index (χ0v) is 13.2. The van der Waals surface area contributed by atoms with Gasteiger partial charge in [-0.15, -0.1) is 22.6 Å². The molecule has 22 heavy (non-hydrogen) atoms. The van der Waals surface area contributed by atoms with Gasteiger partial charge in [-0.2, -0.15) is 0 Å². The Morgan fingerprint density at radius 1 is 1.50 bits per heavy atom. The number of methoxy groups -OCH3 is 1. The van der Waals surface area contributed by atoms with Gasteiger partial charge in [0.15, 0.2) is 0 Å². The van der Waals surface area contributed by atoms with Crippen LogP contribution in [0.25, 0.3) is 0 Å². The Morgan fingerprint density at radius 3 is 2.82 bits per heavy atom. The van der Waals surface area contributed by atoms with E-state index in [1.54, 1.807) is 0 Å². The predicted molar refractivity (Wildman–Crippen MR) is 77.5 cm³/mol. The number of carbonyl (C=O) groups is 2. The fourth-order valence-corrected chi connectivity index (χ4v) is 2.55. The molecule has 1 amide bonds. The van der Waals surface area contributed by atoms with Crippen molar-refractivity contribution in [3.05, 3.63) is 5.01 Å². The lowest BCUT2D eigenvalue weighted by molar-refractivity contribution is -0.140. The molecule has 1 unspecified atom stereocenters. The van der Waals surface area contributed by atoms with Crippen molar-refractivity contribution in [3.63, 3.8) is 0 Å². The van der Waals surface area contributed by atoms with Gasteiger partial charge in [-0.1, -0.05) is 11.3 Å². The summed E-state index contributed by atoms with van der Waals surface area (Å²) in [6.07, 6.45) is -0.0255. The van der Waals surface area contributed by atoms with Crippen molar-refractivity contribution in [3.8, 4) is 0 Å². The zero-order chi connectivity index (χ0) is 15.5. The Labute approximate surface area is 135 Å². The van der Waals surface area contributed by atoms with Crippen LogP contribution in [0.1, 0.15) is 17.8 Å². The molecule has 2 N–H and O–H groups in total. The molecule has 1 saturated heterocycles.